The van der Waals surface area contributed by atoms with Crippen LogP contribution in [0.5, 0.6) is 0 Å². The van der Waals surface area contributed by atoms with Crippen LogP contribution in [-0.2, 0) is 0 Å². The largest absolute Gasteiger partial charge is 0.313 e. The molecule has 3 atom stereocenters. The van der Waals surface area contributed by atoms with Crippen LogP contribution in [0.15, 0.2) is 0 Å². The van der Waals surface area contributed by atoms with Gasteiger partial charge in [0, 0.05) is 24.7 Å². The molecule has 3 unspecified atom stereocenters. The Kier molecular flexibility index (Phi) is 4.87. The van der Waals surface area contributed by atoms with Crippen LogP contribution in [0, 0.1) is 5.92 Å². The summed E-state index contributed by atoms with van der Waals surface area (Å²) in [6, 6.07) is 2.43. The van der Waals surface area contributed by atoms with Crippen molar-refractivity contribution in [1.82, 2.24) is 10.2 Å². The van der Waals surface area contributed by atoms with Gasteiger partial charge in [-0.3, -0.25) is 4.90 Å². The van der Waals surface area contributed by atoms with Gasteiger partial charge in [0.2, 0.25) is 0 Å². The lowest BCUT2D eigenvalue weighted by Crippen LogP contribution is -2.49. The van der Waals surface area contributed by atoms with Gasteiger partial charge in [0.1, 0.15) is 0 Å². The lowest BCUT2D eigenvalue weighted by atomic mass is 9.97. The summed E-state index contributed by atoms with van der Waals surface area (Å²) in [7, 11) is 0. The standard InChI is InChI=1S/C15H30N2/c1-4-12(2)13(3)17(15-8-9-15)11-14-7-5-6-10-16-14/h12-16H,4-11H2,1-3H3. The van der Waals surface area contributed by atoms with Crippen LogP contribution in [-0.4, -0.2) is 36.1 Å². The first-order valence-corrected chi connectivity index (χ1v) is 7.71. The van der Waals surface area contributed by atoms with Gasteiger partial charge in [-0.1, -0.05) is 26.7 Å². The van der Waals surface area contributed by atoms with E-state index in [1.807, 2.05) is 0 Å². The monoisotopic (exact) mass is 238 g/mol. The summed E-state index contributed by atoms with van der Waals surface area (Å²) >= 11 is 0. The molecule has 100 valence electrons. The Balaban J connectivity index is 1.87. The zero-order valence-corrected chi connectivity index (χ0v) is 11.9. The number of nitrogens with zero attached hydrogens (tertiary/aromatic N) is 1. The number of hydrogen-bond donors (Lipinski definition) is 1. The Hall–Kier alpha value is -0.0800. The van der Waals surface area contributed by atoms with Gasteiger partial charge in [0.25, 0.3) is 0 Å². The average Bonchev–Trinajstić information content (AvgIpc) is 3.19. The Morgan fingerprint density at radius 2 is 1.94 bits per heavy atom. The van der Waals surface area contributed by atoms with E-state index < -0.39 is 0 Å². The fraction of sp³-hybridized carbons (Fsp3) is 1.00. The highest BCUT2D eigenvalue weighted by atomic mass is 15.2. The quantitative estimate of drug-likeness (QED) is 0.765. The van der Waals surface area contributed by atoms with Gasteiger partial charge < -0.3 is 5.32 Å². The van der Waals surface area contributed by atoms with E-state index in [4.69, 9.17) is 0 Å². The molecule has 17 heavy (non-hydrogen) atoms. The molecule has 0 spiro atoms. The molecule has 0 aromatic carbocycles. The predicted octanol–water partition coefficient (Wildman–Crippen LogP) is 3.03. The molecule has 0 radical (unpaired) electrons. The third-order valence-electron chi connectivity index (χ3n) is 4.85. The molecule has 1 saturated carbocycles. The SMILES string of the molecule is CCC(C)C(C)N(CC1CCCCN1)C1CC1. The summed E-state index contributed by atoms with van der Waals surface area (Å²) in [5.74, 6) is 0.833. The van der Waals surface area contributed by atoms with E-state index in [0.717, 1.165) is 24.0 Å². The first-order valence-electron chi connectivity index (χ1n) is 7.71. The molecular formula is C15H30N2. The molecule has 1 heterocycles. The van der Waals surface area contributed by atoms with E-state index in [-0.39, 0.29) is 0 Å². The summed E-state index contributed by atoms with van der Waals surface area (Å²) < 4.78 is 0. The van der Waals surface area contributed by atoms with Crippen molar-refractivity contribution >= 4 is 0 Å². The minimum atomic E-state index is 0.760. The summed E-state index contributed by atoms with van der Waals surface area (Å²) in [6.45, 7) is 9.70. The van der Waals surface area contributed by atoms with Gasteiger partial charge in [-0.15, -0.1) is 0 Å². The average molecular weight is 238 g/mol. The van der Waals surface area contributed by atoms with Crippen molar-refractivity contribution in [1.29, 1.82) is 0 Å². The predicted molar refractivity (Wildman–Crippen MR) is 74.3 cm³/mol. The molecule has 1 aliphatic carbocycles. The molecule has 1 aliphatic heterocycles. The normalized spacial score (nSPS) is 29.3. The van der Waals surface area contributed by atoms with Gasteiger partial charge >= 0.3 is 0 Å². The molecule has 2 fully saturated rings. The number of piperidine rings is 1. The molecule has 1 N–H and O–H groups in total. The highest BCUT2D eigenvalue weighted by Gasteiger charge is 2.35. The maximum Gasteiger partial charge on any atom is 0.0195 e. The number of hydrogen-bond acceptors (Lipinski definition) is 2. The van der Waals surface area contributed by atoms with E-state index in [2.05, 4.69) is 31.0 Å². The minimum Gasteiger partial charge on any atom is -0.313 e. The van der Waals surface area contributed by atoms with Crippen LogP contribution in [0.2, 0.25) is 0 Å². The molecule has 1 saturated heterocycles. The van der Waals surface area contributed by atoms with E-state index in [9.17, 15) is 0 Å². The van der Waals surface area contributed by atoms with Crippen molar-refractivity contribution in [2.45, 2.75) is 77.4 Å². The fourth-order valence-electron chi connectivity index (χ4n) is 3.06. The summed E-state index contributed by atoms with van der Waals surface area (Å²) in [4.78, 5) is 2.80. The van der Waals surface area contributed by atoms with Crippen molar-refractivity contribution in [3.05, 3.63) is 0 Å². The highest BCUT2D eigenvalue weighted by molar-refractivity contribution is 4.91. The smallest absolute Gasteiger partial charge is 0.0195 e. The second-order valence-corrected chi connectivity index (χ2v) is 6.20. The second kappa shape index (κ2) is 6.19. The Morgan fingerprint density at radius 3 is 2.47 bits per heavy atom. The lowest BCUT2D eigenvalue weighted by Gasteiger charge is -2.37. The van der Waals surface area contributed by atoms with Crippen molar-refractivity contribution in [2.75, 3.05) is 13.1 Å². The Bertz CT molecular complexity index is 219. The Morgan fingerprint density at radius 1 is 1.18 bits per heavy atom. The van der Waals surface area contributed by atoms with Crippen molar-refractivity contribution < 1.29 is 0 Å². The summed E-state index contributed by atoms with van der Waals surface area (Å²) in [5.41, 5.74) is 0. The van der Waals surface area contributed by atoms with Gasteiger partial charge in [0.15, 0.2) is 0 Å². The summed E-state index contributed by atoms with van der Waals surface area (Å²) in [6.07, 6.45) is 8.37. The molecule has 2 aliphatic rings. The molecule has 0 bridgehead atoms. The second-order valence-electron chi connectivity index (χ2n) is 6.20. The fourth-order valence-corrected chi connectivity index (χ4v) is 3.06. The number of rotatable bonds is 6. The van der Waals surface area contributed by atoms with E-state index in [1.54, 1.807) is 0 Å². The molecule has 0 amide bonds. The van der Waals surface area contributed by atoms with Crippen LogP contribution in [0.25, 0.3) is 0 Å². The minimum absolute atomic E-state index is 0.760. The van der Waals surface area contributed by atoms with E-state index in [0.29, 0.717) is 0 Å². The first kappa shape index (κ1) is 13.4. The maximum atomic E-state index is 3.70. The lowest BCUT2D eigenvalue weighted by molar-refractivity contribution is 0.127. The molecule has 2 nitrogen and oxygen atoms in total. The van der Waals surface area contributed by atoms with Crippen LogP contribution in [0.4, 0.5) is 0 Å². The van der Waals surface area contributed by atoms with Gasteiger partial charge in [-0.2, -0.15) is 0 Å². The van der Waals surface area contributed by atoms with Crippen LogP contribution >= 0.6 is 0 Å². The van der Waals surface area contributed by atoms with Gasteiger partial charge in [0.05, 0.1) is 0 Å². The molecule has 0 aromatic heterocycles. The van der Waals surface area contributed by atoms with Gasteiger partial charge in [-0.05, 0) is 45.1 Å². The molecule has 2 rings (SSSR count). The van der Waals surface area contributed by atoms with Crippen LogP contribution < -0.4 is 5.32 Å². The van der Waals surface area contributed by atoms with Crippen molar-refractivity contribution in [3.8, 4) is 0 Å². The zero-order valence-electron chi connectivity index (χ0n) is 11.9. The maximum absolute atomic E-state index is 3.70. The Labute approximate surface area is 107 Å². The van der Waals surface area contributed by atoms with Crippen molar-refractivity contribution in [3.63, 3.8) is 0 Å². The number of nitrogens with one attached hydrogen (secondary N) is 1. The van der Waals surface area contributed by atoms with E-state index >= 15 is 0 Å². The highest BCUT2D eigenvalue weighted by Crippen LogP contribution is 2.31. The summed E-state index contributed by atoms with van der Waals surface area (Å²) in [5, 5.41) is 3.70. The molecule has 0 aromatic rings. The van der Waals surface area contributed by atoms with E-state index in [1.165, 1.54) is 51.6 Å². The third kappa shape index (κ3) is 3.69. The molecular weight excluding hydrogens is 208 g/mol. The van der Waals surface area contributed by atoms with Crippen LogP contribution in [0.1, 0.15) is 59.3 Å². The zero-order chi connectivity index (χ0) is 12.3. The third-order valence-corrected chi connectivity index (χ3v) is 4.85. The first-order chi connectivity index (χ1) is 8.22. The van der Waals surface area contributed by atoms with Crippen molar-refractivity contribution in [2.24, 2.45) is 5.92 Å². The van der Waals surface area contributed by atoms with Crippen LogP contribution in [0.3, 0.4) is 0 Å². The molecule has 2 heteroatoms. The van der Waals surface area contributed by atoms with Gasteiger partial charge in [-0.25, -0.2) is 0 Å². The topological polar surface area (TPSA) is 15.3 Å².